The van der Waals surface area contributed by atoms with Crippen molar-refractivity contribution in [3.63, 3.8) is 0 Å². The Hall–Kier alpha value is -3.99. The summed E-state index contributed by atoms with van der Waals surface area (Å²) in [7, 11) is 0. The van der Waals surface area contributed by atoms with Crippen LogP contribution in [0.4, 0.5) is 11.5 Å². The molecule has 38 heavy (non-hydrogen) atoms. The molecule has 0 bridgehead atoms. The summed E-state index contributed by atoms with van der Waals surface area (Å²) < 4.78 is 14.3. The molecule has 1 fully saturated rings. The van der Waals surface area contributed by atoms with E-state index in [1.54, 1.807) is 19.1 Å². The first kappa shape index (κ1) is 25.7. The van der Waals surface area contributed by atoms with Crippen LogP contribution >= 0.6 is 15.9 Å². The third kappa shape index (κ3) is 4.81. The zero-order valence-electron chi connectivity index (χ0n) is 21.0. The lowest BCUT2D eigenvalue weighted by Gasteiger charge is -2.27. The highest BCUT2D eigenvalue weighted by molar-refractivity contribution is 9.10. The second-order valence-corrected chi connectivity index (χ2v) is 9.85. The Balaban J connectivity index is 1.61. The van der Waals surface area contributed by atoms with Gasteiger partial charge in [-0.3, -0.25) is 10.1 Å². The van der Waals surface area contributed by atoms with Crippen LogP contribution in [0.5, 0.6) is 11.6 Å². The summed E-state index contributed by atoms with van der Waals surface area (Å²) in [5.41, 5.74) is 2.48. The molecule has 196 valence electrons. The lowest BCUT2D eigenvalue weighted by molar-refractivity contribution is -0.385. The summed E-state index contributed by atoms with van der Waals surface area (Å²) in [6.07, 6.45) is 4.25. The molecule has 3 heterocycles. The lowest BCUT2D eigenvalue weighted by Crippen LogP contribution is -2.30. The third-order valence-electron chi connectivity index (χ3n) is 6.56. The van der Waals surface area contributed by atoms with Gasteiger partial charge in [-0.1, -0.05) is 15.9 Å². The summed E-state index contributed by atoms with van der Waals surface area (Å²) in [6.45, 7) is 5.22. The van der Waals surface area contributed by atoms with Crippen LogP contribution in [0, 0.1) is 17.0 Å². The van der Waals surface area contributed by atoms with Crippen LogP contribution in [0.1, 0.15) is 42.2 Å². The predicted octanol–water partition coefficient (Wildman–Crippen LogP) is 6.36. The Morgan fingerprint density at radius 1 is 1.11 bits per heavy atom. The van der Waals surface area contributed by atoms with Crippen LogP contribution in [0.3, 0.4) is 0 Å². The number of piperidine rings is 1. The standard InChI is InChI=1S/C27H26BrN5O5/c1-3-37-27(34)23-17(2)32(19-9-7-18(28)8-10-19)22-12-11-20(15-21(22)23)38-26-24(33(35)36)25(29-16-30-26)31-13-5-4-6-14-31/h7-12,15-16H,3-6,13-14H2,1-2H3. The van der Waals surface area contributed by atoms with E-state index in [9.17, 15) is 14.9 Å². The van der Waals surface area contributed by atoms with Crippen molar-refractivity contribution in [1.82, 2.24) is 14.5 Å². The zero-order valence-corrected chi connectivity index (χ0v) is 22.6. The van der Waals surface area contributed by atoms with Crippen LogP contribution < -0.4 is 9.64 Å². The SMILES string of the molecule is CCOC(=O)c1c(C)n(-c2ccc(Br)cc2)c2ccc(Oc3ncnc(N4CCCCC4)c3[N+](=O)[O-])cc12. The molecule has 2 aromatic heterocycles. The number of ether oxygens (including phenoxy) is 2. The Labute approximate surface area is 227 Å². The van der Waals surface area contributed by atoms with Crippen molar-refractivity contribution in [1.29, 1.82) is 0 Å². The average molecular weight is 580 g/mol. The van der Waals surface area contributed by atoms with Gasteiger partial charge in [0.25, 0.3) is 0 Å². The molecule has 0 aliphatic carbocycles. The van der Waals surface area contributed by atoms with Crippen LogP contribution in [0.2, 0.25) is 0 Å². The van der Waals surface area contributed by atoms with Crippen LogP contribution in [0.15, 0.2) is 53.3 Å². The molecule has 2 aromatic carbocycles. The predicted molar refractivity (Wildman–Crippen MR) is 146 cm³/mol. The van der Waals surface area contributed by atoms with E-state index in [0.717, 1.165) is 34.9 Å². The van der Waals surface area contributed by atoms with E-state index in [-0.39, 0.29) is 24.0 Å². The van der Waals surface area contributed by atoms with Gasteiger partial charge in [0, 0.05) is 34.3 Å². The van der Waals surface area contributed by atoms with E-state index in [0.29, 0.717) is 35.5 Å². The molecule has 0 radical (unpaired) electrons. The molecule has 1 saturated heterocycles. The number of fused-ring (bicyclic) bond motifs is 1. The highest BCUT2D eigenvalue weighted by Crippen LogP contribution is 2.39. The molecule has 11 heteroatoms. The van der Waals surface area contributed by atoms with Crippen LogP contribution in [-0.4, -0.2) is 45.1 Å². The van der Waals surface area contributed by atoms with E-state index in [4.69, 9.17) is 9.47 Å². The fourth-order valence-corrected chi connectivity index (χ4v) is 5.15. The van der Waals surface area contributed by atoms with Crippen LogP contribution in [0.25, 0.3) is 16.6 Å². The maximum absolute atomic E-state index is 13.0. The Kier molecular flexibility index (Phi) is 7.28. The molecular weight excluding hydrogens is 554 g/mol. The Morgan fingerprint density at radius 2 is 1.84 bits per heavy atom. The second-order valence-electron chi connectivity index (χ2n) is 8.93. The Morgan fingerprint density at radius 3 is 2.53 bits per heavy atom. The number of anilines is 1. The number of aromatic nitrogens is 3. The van der Waals surface area contributed by atoms with Gasteiger partial charge in [-0.2, -0.15) is 4.98 Å². The lowest BCUT2D eigenvalue weighted by atomic mass is 10.1. The minimum absolute atomic E-state index is 0.147. The molecule has 0 amide bonds. The largest absolute Gasteiger partial charge is 0.462 e. The third-order valence-corrected chi connectivity index (χ3v) is 7.09. The summed E-state index contributed by atoms with van der Waals surface area (Å²) in [5.74, 6) is -0.0392. The van der Waals surface area contributed by atoms with E-state index in [1.807, 2.05) is 46.7 Å². The van der Waals surface area contributed by atoms with Gasteiger partial charge in [-0.15, -0.1) is 0 Å². The number of rotatable bonds is 7. The number of esters is 1. The fraction of sp³-hybridized carbons (Fsp3) is 0.296. The number of hydrogen-bond donors (Lipinski definition) is 0. The van der Waals surface area contributed by atoms with Gasteiger partial charge in [-0.05, 0) is 75.6 Å². The molecule has 0 atom stereocenters. The average Bonchev–Trinajstić information content (AvgIpc) is 3.20. The minimum atomic E-state index is -0.504. The fourth-order valence-electron chi connectivity index (χ4n) is 4.88. The smallest absolute Gasteiger partial charge is 0.373 e. The highest BCUT2D eigenvalue weighted by Gasteiger charge is 2.30. The van der Waals surface area contributed by atoms with E-state index in [2.05, 4.69) is 25.9 Å². The van der Waals surface area contributed by atoms with Gasteiger partial charge in [0.15, 0.2) is 0 Å². The van der Waals surface area contributed by atoms with Gasteiger partial charge in [0.1, 0.15) is 12.1 Å². The first-order valence-corrected chi connectivity index (χ1v) is 13.2. The quantitative estimate of drug-likeness (QED) is 0.141. The van der Waals surface area contributed by atoms with Crippen molar-refractivity contribution in [2.45, 2.75) is 33.1 Å². The van der Waals surface area contributed by atoms with Gasteiger partial charge in [0.2, 0.25) is 5.82 Å². The molecule has 0 N–H and O–H groups in total. The van der Waals surface area contributed by atoms with E-state index < -0.39 is 10.9 Å². The number of hydrogen-bond acceptors (Lipinski definition) is 8. The number of nitro groups is 1. The first-order valence-electron chi connectivity index (χ1n) is 12.4. The van der Waals surface area contributed by atoms with E-state index >= 15 is 0 Å². The van der Waals surface area contributed by atoms with Crippen molar-refractivity contribution in [3.8, 4) is 17.3 Å². The van der Waals surface area contributed by atoms with Crippen molar-refractivity contribution in [2.75, 3.05) is 24.6 Å². The summed E-state index contributed by atoms with van der Waals surface area (Å²) >= 11 is 3.46. The molecule has 0 unspecified atom stereocenters. The number of benzene rings is 2. The summed E-state index contributed by atoms with van der Waals surface area (Å²) in [6, 6.07) is 13.0. The first-order chi connectivity index (χ1) is 18.4. The van der Waals surface area contributed by atoms with Crippen molar-refractivity contribution >= 4 is 44.3 Å². The van der Waals surface area contributed by atoms with Gasteiger partial charge in [-0.25, -0.2) is 9.78 Å². The van der Waals surface area contributed by atoms with E-state index in [1.165, 1.54) is 6.33 Å². The van der Waals surface area contributed by atoms with Crippen molar-refractivity contribution in [2.24, 2.45) is 0 Å². The van der Waals surface area contributed by atoms with Crippen LogP contribution in [-0.2, 0) is 4.74 Å². The maximum Gasteiger partial charge on any atom is 0.373 e. The molecular formula is C27H26BrN5O5. The number of nitrogens with zero attached hydrogens (tertiary/aromatic N) is 5. The van der Waals surface area contributed by atoms with Gasteiger partial charge in [0.05, 0.1) is 22.6 Å². The summed E-state index contributed by atoms with van der Waals surface area (Å²) in [4.78, 5) is 34.8. The normalized spacial score (nSPS) is 13.5. The highest BCUT2D eigenvalue weighted by atomic mass is 79.9. The number of halogens is 1. The minimum Gasteiger partial charge on any atom is -0.462 e. The maximum atomic E-state index is 13.0. The van der Waals surface area contributed by atoms with Crippen molar-refractivity contribution in [3.05, 3.63) is 74.6 Å². The molecule has 5 rings (SSSR count). The zero-order chi connectivity index (χ0) is 26.8. The molecule has 1 aliphatic rings. The second kappa shape index (κ2) is 10.8. The number of carbonyl (C=O) groups excluding carboxylic acids is 1. The molecule has 1 aliphatic heterocycles. The molecule has 0 spiro atoms. The molecule has 0 saturated carbocycles. The monoisotopic (exact) mass is 579 g/mol. The summed E-state index contributed by atoms with van der Waals surface area (Å²) in [5, 5.41) is 12.7. The molecule has 4 aromatic rings. The topological polar surface area (TPSA) is 113 Å². The van der Waals surface area contributed by atoms with Crippen molar-refractivity contribution < 1.29 is 19.2 Å². The molecule has 10 nitrogen and oxygen atoms in total. The Bertz CT molecular complexity index is 1510. The van der Waals surface area contributed by atoms with Gasteiger partial charge < -0.3 is 18.9 Å². The number of carbonyl (C=O) groups is 1. The van der Waals surface area contributed by atoms with Gasteiger partial charge >= 0.3 is 17.5 Å².